The van der Waals surface area contributed by atoms with Crippen molar-refractivity contribution in [2.75, 3.05) is 17.0 Å². The lowest BCUT2D eigenvalue weighted by molar-refractivity contribution is -0.135. The lowest BCUT2D eigenvalue weighted by Gasteiger charge is -2.06. The first kappa shape index (κ1) is 15.5. The van der Waals surface area contributed by atoms with E-state index in [0.717, 1.165) is 0 Å². The van der Waals surface area contributed by atoms with Gasteiger partial charge in [-0.05, 0) is 24.3 Å². The number of sulfonamides is 1. The van der Waals surface area contributed by atoms with Crippen LogP contribution in [0.5, 0.6) is 0 Å². The minimum Gasteiger partial charge on any atom is -0.480 e. The molecule has 0 saturated heterocycles. The molecule has 1 aromatic carbocycles. The third-order valence-electron chi connectivity index (χ3n) is 2.08. The number of nitriles is 1. The maximum atomic E-state index is 11.5. The van der Waals surface area contributed by atoms with Crippen LogP contribution in [0.15, 0.2) is 24.3 Å². The Labute approximate surface area is 115 Å². The number of carbonyl (C=O) groups is 2. The second-order valence-electron chi connectivity index (χ2n) is 3.67. The quantitative estimate of drug-likeness (QED) is 0.663. The summed E-state index contributed by atoms with van der Waals surface area (Å²) in [6.45, 7) is -0.505. The van der Waals surface area contributed by atoms with Crippen molar-refractivity contribution in [1.29, 1.82) is 5.26 Å². The van der Waals surface area contributed by atoms with E-state index >= 15 is 0 Å². The van der Waals surface area contributed by atoms with E-state index in [0.29, 0.717) is 0 Å². The Morgan fingerprint density at radius 2 is 1.85 bits per heavy atom. The fraction of sp³-hybridized carbons (Fsp3) is 0.182. The van der Waals surface area contributed by atoms with Crippen LogP contribution in [0, 0.1) is 11.3 Å². The van der Waals surface area contributed by atoms with Gasteiger partial charge in [-0.3, -0.25) is 14.3 Å². The Morgan fingerprint density at radius 3 is 2.35 bits per heavy atom. The van der Waals surface area contributed by atoms with Crippen LogP contribution >= 0.6 is 0 Å². The fourth-order valence-corrected chi connectivity index (χ4v) is 1.99. The summed E-state index contributed by atoms with van der Waals surface area (Å²) >= 11 is 0. The summed E-state index contributed by atoms with van der Waals surface area (Å²) in [6.07, 6.45) is 0. The van der Waals surface area contributed by atoms with E-state index in [1.54, 1.807) is 0 Å². The minimum absolute atomic E-state index is 0.189. The molecule has 20 heavy (non-hydrogen) atoms. The maximum absolute atomic E-state index is 11.5. The molecule has 0 aromatic heterocycles. The molecule has 3 N–H and O–H groups in total. The van der Waals surface area contributed by atoms with Crippen molar-refractivity contribution >= 4 is 27.6 Å². The van der Waals surface area contributed by atoms with Gasteiger partial charge in [0.1, 0.15) is 6.54 Å². The molecule has 0 fully saturated rings. The highest BCUT2D eigenvalue weighted by molar-refractivity contribution is 7.92. The molecule has 0 radical (unpaired) electrons. The second-order valence-corrected chi connectivity index (χ2v) is 5.40. The van der Waals surface area contributed by atoms with E-state index in [4.69, 9.17) is 10.4 Å². The van der Waals surface area contributed by atoms with Gasteiger partial charge in [-0.1, -0.05) is 0 Å². The van der Waals surface area contributed by atoms with Gasteiger partial charge in [0.15, 0.2) is 5.75 Å². The lowest BCUT2D eigenvalue weighted by atomic mass is 10.2. The topological polar surface area (TPSA) is 136 Å². The van der Waals surface area contributed by atoms with Gasteiger partial charge in [0.05, 0.1) is 6.07 Å². The Balaban J connectivity index is 2.72. The van der Waals surface area contributed by atoms with Crippen molar-refractivity contribution in [2.45, 2.75) is 0 Å². The van der Waals surface area contributed by atoms with Crippen LogP contribution < -0.4 is 10.0 Å². The molecule has 1 amide bonds. The Hall–Kier alpha value is -2.60. The van der Waals surface area contributed by atoms with Gasteiger partial charge < -0.3 is 10.4 Å². The molecule has 0 saturated carbocycles. The SMILES string of the molecule is N#CCS(=O)(=O)Nc1ccc(C(=O)NCC(=O)O)cc1. The Morgan fingerprint density at radius 1 is 1.25 bits per heavy atom. The van der Waals surface area contributed by atoms with Gasteiger partial charge in [0.2, 0.25) is 10.0 Å². The van der Waals surface area contributed by atoms with Crippen LogP contribution in [0.25, 0.3) is 0 Å². The maximum Gasteiger partial charge on any atom is 0.322 e. The number of anilines is 1. The molecule has 0 aliphatic carbocycles. The molecule has 0 unspecified atom stereocenters. The molecule has 0 heterocycles. The monoisotopic (exact) mass is 297 g/mol. The molecule has 0 atom stereocenters. The van der Waals surface area contributed by atoms with Crippen LogP contribution in [0.1, 0.15) is 10.4 Å². The molecule has 0 aliphatic rings. The zero-order valence-electron chi connectivity index (χ0n) is 10.2. The average Bonchev–Trinajstić information content (AvgIpc) is 2.36. The predicted molar refractivity (Wildman–Crippen MR) is 69.4 cm³/mol. The highest BCUT2D eigenvalue weighted by Crippen LogP contribution is 2.11. The third kappa shape index (κ3) is 4.95. The summed E-state index contributed by atoms with van der Waals surface area (Å²) in [4.78, 5) is 21.8. The number of aliphatic carboxylic acids is 1. The summed E-state index contributed by atoms with van der Waals surface area (Å²) in [5.74, 6) is -2.42. The van der Waals surface area contributed by atoms with E-state index < -0.39 is 34.2 Å². The van der Waals surface area contributed by atoms with Crippen LogP contribution in [0.2, 0.25) is 0 Å². The Kier molecular flexibility index (Phi) is 5.05. The van der Waals surface area contributed by atoms with E-state index in [2.05, 4.69) is 10.0 Å². The van der Waals surface area contributed by atoms with Crippen molar-refractivity contribution in [3.63, 3.8) is 0 Å². The van der Waals surface area contributed by atoms with E-state index in [9.17, 15) is 18.0 Å². The first-order valence-corrected chi connectivity index (χ1v) is 6.97. The molecule has 9 heteroatoms. The van der Waals surface area contributed by atoms with Gasteiger partial charge in [0.25, 0.3) is 5.91 Å². The second kappa shape index (κ2) is 6.53. The summed E-state index contributed by atoms with van der Waals surface area (Å²) < 4.78 is 24.8. The first-order chi connectivity index (χ1) is 9.34. The van der Waals surface area contributed by atoms with Crippen molar-refractivity contribution < 1.29 is 23.1 Å². The smallest absolute Gasteiger partial charge is 0.322 e. The van der Waals surface area contributed by atoms with Crippen LogP contribution in [0.3, 0.4) is 0 Å². The number of nitrogens with one attached hydrogen (secondary N) is 2. The van der Waals surface area contributed by atoms with Crippen LogP contribution in [-0.2, 0) is 14.8 Å². The zero-order valence-corrected chi connectivity index (χ0v) is 11.0. The first-order valence-electron chi connectivity index (χ1n) is 5.31. The van der Waals surface area contributed by atoms with E-state index in [-0.39, 0.29) is 11.3 Å². The van der Waals surface area contributed by atoms with Gasteiger partial charge in [-0.15, -0.1) is 0 Å². The molecule has 1 aromatic rings. The largest absolute Gasteiger partial charge is 0.480 e. The van der Waals surface area contributed by atoms with Crippen LogP contribution in [0.4, 0.5) is 5.69 Å². The van der Waals surface area contributed by atoms with E-state index in [1.165, 1.54) is 30.3 Å². The van der Waals surface area contributed by atoms with Crippen molar-refractivity contribution in [3.05, 3.63) is 29.8 Å². The molecule has 8 nitrogen and oxygen atoms in total. The summed E-state index contributed by atoms with van der Waals surface area (Å²) in [6, 6.07) is 6.86. The number of carboxylic acid groups (broad SMARTS) is 1. The minimum atomic E-state index is -3.73. The molecule has 0 aliphatic heterocycles. The molecule has 0 bridgehead atoms. The third-order valence-corrected chi connectivity index (χ3v) is 3.13. The highest BCUT2D eigenvalue weighted by atomic mass is 32.2. The number of carboxylic acids is 1. The van der Waals surface area contributed by atoms with Gasteiger partial charge >= 0.3 is 5.97 Å². The molecule has 0 spiro atoms. The lowest BCUT2D eigenvalue weighted by Crippen LogP contribution is -2.29. The predicted octanol–water partition coefficient (Wildman–Crippen LogP) is -0.234. The number of hydrogen-bond donors (Lipinski definition) is 3. The molecular formula is C11H11N3O5S. The van der Waals surface area contributed by atoms with Crippen molar-refractivity contribution in [3.8, 4) is 6.07 Å². The van der Waals surface area contributed by atoms with Crippen molar-refractivity contribution in [1.82, 2.24) is 5.32 Å². The average molecular weight is 297 g/mol. The molecule has 1 rings (SSSR count). The summed E-state index contributed by atoms with van der Waals surface area (Å²) in [5.41, 5.74) is 0.393. The summed E-state index contributed by atoms with van der Waals surface area (Å²) in [5, 5.41) is 18.9. The number of hydrogen-bond acceptors (Lipinski definition) is 5. The molecule has 106 valence electrons. The number of nitrogens with zero attached hydrogens (tertiary/aromatic N) is 1. The summed E-state index contributed by atoms with van der Waals surface area (Å²) in [7, 11) is -3.73. The van der Waals surface area contributed by atoms with Gasteiger partial charge in [-0.2, -0.15) is 5.26 Å². The fourth-order valence-electron chi connectivity index (χ4n) is 1.25. The number of amides is 1. The standard InChI is InChI=1S/C11H11N3O5S/c12-5-6-20(18,19)14-9-3-1-8(2-4-9)11(17)13-7-10(15)16/h1-4,14H,6-7H2,(H,13,17)(H,15,16). The van der Waals surface area contributed by atoms with E-state index in [1.807, 2.05) is 0 Å². The van der Waals surface area contributed by atoms with Gasteiger partial charge in [0, 0.05) is 11.3 Å². The normalized spacial score (nSPS) is 10.3. The van der Waals surface area contributed by atoms with Crippen molar-refractivity contribution in [2.24, 2.45) is 0 Å². The molecular weight excluding hydrogens is 286 g/mol. The van der Waals surface area contributed by atoms with Gasteiger partial charge in [-0.25, -0.2) is 8.42 Å². The number of carbonyl (C=O) groups excluding carboxylic acids is 1. The van der Waals surface area contributed by atoms with Crippen LogP contribution in [-0.4, -0.2) is 37.7 Å². The zero-order chi connectivity index (χ0) is 15.2. The number of benzene rings is 1. The highest BCUT2D eigenvalue weighted by Gasteiger charge is 2.11. The number of rotatable bonds is 6. The Bertz CT molecular complexity index is 646.